The van der Waals surface area contributed by atoms with E-state index in [9.17, 15) is 0 Å². The Bertz CT molecular complexity index is 186. The van der Waals surface area contributed by atoms with Crippen molar-refractivity contribution in [2.75, 3.05) is 39.5 Å². The van der Waals surface area contributed by atoms with Gasteiger partial charge in [0.05, 0.1) is 38.5 Å². The summed E-state index contributed by atoms with van der Waals surface area (Å²) in [6.07, 6.45) is 4.14. The molecule has 2 fully saturated rings. The van der Waals surface area contributed by atoms with Gasteiger partial charge in [-0.25, -0.2) is 0 Å². The average Bonchev–Trinajstić information content (AvgIpc) is 2.17. The predicted molar refractivity (Wildman–Crippen MR) is 54.1 cm³/mol. The lowest BCUT2D eigenvalue weighted by Crippen LogP contribution is -2.59. The van der Waals surface area contributed by atoms with Crippen molar-refractivity contribution in [1.82, 2.24) is 4.90 Å². The van der Waals surface area contributed by atoms with E-state index in [0.29, 0.717) is 18.6 Å². The second kappa shape index (κ2) is 4.89. The monoisotopic (exact) mass is 198 g/mol. The molecule has 0 aliphatic carbocycles. The Morgan fingerprint density at radius 2 is 1.64 bits per heavy atom. The van der Waals surface area contributed by atoms with Crippen molar-refractivity contribution in [2.24, 2.45) is 5.73 Å². The maximum Gasteiger partial charge on any atom is 0.0645 e. The molecule has 0 amide bonds. The Hall–Kier alpha value is -0.420. The van der Waals surface area contributed by atoms with Crippen LogP contribution in [0.25, 0.3) is 0 Å². The van der Waals surface area contributed by atoms with E-state index in [4.69, 9.17) is 15.2 Å². The third-order valence-corrected chi connectivity index (χ3v) is 2.80. The third kappa shape index (κ3) is 2.15. The van der Waals surface area contributed by atoms with E-state index in [1.807, 2.05) is 6.08 Å². The van der Waals surface area contributed by atoms with E-state index in [0.717, 1.165) is 33.0 Å². The number of rotatable bonds is 3. The highest BCUT2D eigenvalue weighted by Gasteiger charge is 2.34. The van der Waals surface area contributed by atoms with Gasteiger partial charge < -0.3 is 15.2 Å². The van der Waals surface area contributed by atoms with Crippen LogP contribution in [0.4, 0.5) is 0 Å². The first-order valence-corrected chi connectivity index (χ1v) is 5.18. The lowest BCUT2D eigenvalue weighted by molar-refractivity contribution is -0.133. The van der Waals surface area contributed by atoms with E-state index in [2.05, 4.69) is 11.0 Å². The number of nitrogens with two attached hydrogens (primary N) is 1. The molecule has 2 heterocycles. The molecular weight excluding hydrogens is 180 g/mol. The molecule has 0 unspecified atom stereocenters. The van der Waals surface area contributed by atoms with Gasteiger partial charge in [0.2, 0.25) is 0 Å². The zero-order valence-corrected chi connectivity index (χ0v) is 8.39. The first-order chi connectivity index (χ1) is 6.92. The highest BCUT2D eigenvalue weighted by molar-refractivity contribution is 4.93. The molecule has 0 spiro atoms. The van der Waals surface area contributed by atoms with Gasteiger partial charge >= 0.3 is 0 Å². The molecule has 80 valence electrons. The van der Waals surface area contributed by atoms with E-state index in [1.54, 1.807) is 0 Å². The summed E-state index contributed by atoms with van der Waals surface area (Å²) >= 11 is 0. The molecule has 14 heavy (non-hydrogen) atoms. The van der Waals surface area contributed by atoms with Crippen LogP contribution in [0.2, 0.25) is 0 Å². The number of morpholine rings is 2. The first kappa shape index (κ1) is 10.1. The lowest BCUT2D eigenvalue weighted by atomic mass is 10.1. The van der Waals surface area contributed by atoms with E-state index < -0.39 is 0 Å². The van der Waals surface area contributed by atoms with Gasteiger partial charge in [0.25, 0.3) is 0 Å². The molecule has 0 aromatic heterocycles. The molecule has 2 saturated heterocycles. The summed E-state index contributed by atoms with van der Waals surface area (Å²) in [6, 6.07) is 0.870. The maximum absolute atomic E-state index is 5.50. The summed E-state index contributed by atoms with van der Waals surface area (Å²) in [5, 5.41) is 0. The fourth-order valence-corrected chi connectivity index (χ4v) is 2.05. The number of ether oxygens (including phenoxy) is 2. The zero-order chi connectivity index (χ0) is 9.80. The van der Waals surface area contributed by atoms with Crippen LogP contribution in [0.5, 0.6) is 0 Å². The van der Waals surface area contributed by atoms with Gasteiger partial charge in [-0.05, 0) is 0 Å². The van der Waals surface area contributed by atoms with Crippen molar-refractivity contribution in [3.05, 3.63) is 12.2 Å². The van der Waals surface area contributed by atoms with E-state index >= 15 is 0 Å². The minimum atomic E-state index is 0.435. The summed E-state index contributed by atoms with van der Waals surface area (Å²) in [7, 11) is 0. The number of hydrogen-bond donors (Lipinski definition) is 1. The van der Waals surface area contributed by atoms with Crippen molar-refractivity contribution < 1.29 is 9.47 Å². The highest BCUT2D eigenvalue weighted by Crippen LogP contribution is 2.18. The number of nitrogens with zero attached hydrogens (tertiary/aromatic N) is 1. The summed E-state index contributed by atoms with van der Waals surface area (Å²) in [5.74, 6) is 0. The van der Waals surface area contributed by atoms with Crippen LogP contribution in [0, 0.1) is 0 Å². The molecule has 2 aliphatic rings. The van der Waals surface area contributed by atoms with Crippen molar-refractivity contribution in [2.45, 2.75) is 12.1 Å². The fraction of sp³-hybridized carbons (Fsp3) is 0.800. The number of hydrogen-bond acceptors (Lipinski definition) is 4. The molecular formula is C10H18N2O2. The minimum absolute atomic E-state index is 0.435. The lowest BCUT2D eigenvalue weighted by Gasteiger charge is -2.44. The van der Waals surface area contributed by atoms with Crippen LogP contribution in [-0.2, 0) is 9.47 Å². The Morgan fingerprint density at radius 1 is 1.07 bits per heavy atom. The van der Waals surface area contributed by atoms with Crippen molar-refractivity contribution >= 4 is 0 Å². The maximum atomic E-state index is 5.50. The quantitative estimate of drug-likeness (QED) is 0.627. The third-order valence-electron chi connectivity index (χ3n) is 2.80. The highest BCUT2D eigenvalue weighted by atomic mass is 16.5. The largest absolute Gasteiger partial charge is 0.378 e. The van der Waals surface area contributed by atoms with Crippen LogP contribution >= 0.6 is 0 Å². The molecule has 0 radical (unpaired) electrons. The Labute approximate surface area is 84.6 Å². The smallest absolute Gasteiger partial charge is 0.0645 e. The van der Waals surface area contributed by atoms with Crippen LogP contribution in [0.15, 0.2) is 12.2 Å². The normalized spacial score (nSPS) is 33.8. The van der Waals surface area contributed by atoms with Crippen molar-refractivity contribution in [3.8, 4) is 0 Å². The summed E-state index contributed by atoms with van der Waals surface area (Å²) in [6.45, 7) is 4.79. The van der Waals surface area contributed by atoms with Crippen LogP contribution in [0.1, 0.15) is 0 Å². The van der Waals surface area contributed by atoms with Gasteiger partial charge in [-0.1, -0.05) is 12.2 Å². The standard InChI is InChI=1S/C10H18N2O2/c11-3-1-2-4-12-9-5-13-7-10(12)8-14-6-9/h1-2,9-10H,3-8,11H2/b2-1+. The van der Waals surface area contributed by atoms with E-state index in [-0.39, 0.29) is 0 Å². The zero-order valence-electron chi connectivity index (χ0n) is 8.39. The van der Waals surface area contributed by atoms with Gasteiger partial charge in [-0.3, -0.25) is 4.90 Å². The van der Waals surface area contributed by atoms with Gasteiger partial charge in [-0.15, -0.1) is 0 Å². The molecule has 2 aliphatic heterocycles. The summed E-state index contributed by atoms with van der Waals surface area (Å²) in [4.78, 5) is 2.46. The predicted octanol–water partition coefficient (Wildman–Crippen LogP) is -0.399. The fourth-order valence-electron chi connectivity index (χ4n) is 2.05. The Balaban J connectivity index is 1.91. The second-order valence-electron chi connectivity index (χ2n) is 3.79. The Kier molecular flexibility index (Phi) is 3.53. The SMILES string of the molecule is NC/C=C/CN1C2COCC1COC2. The molecule has 0 saturated carbocycles. The molecule has 2 N–H and O–H groups in total. The van der Waals surface area contributed by atoms with Gasteiger partial charge in [0, 0.05) is 13.1 Å². The topological polar surface area (TPSA) is 47.7 Å². The molecule has 0 aromatic carbocycles. The van der Waals surface area contributed by atoms with Crippen LogP contribution < -0.4 is 5.73 Å². The molecule has 2 bridgehead atoms. The second-order valence-corrected chi connectivity index (χ2v) is 3.79. The molecule has 0 aromatic rings. The molecule has 4 nitrogen and oxygen atoms in total. The van der Waals surface area contributed by atoms with Crippen molar-refractivity contribution in [1.29, 1.82) is 0 Å². The minimum Gasteiger partial charge on any atom is -0.378 e. The molecule has 2 rings (SSSR count). The molecule has 4 heteroatoms. The van der Waals surface area contributed by atoms with E-state index in [1.165, 1.54) is 0 Å². The average molecular weight is 198 g/mol. The van der Waals surface area contributed by atoms with Gasteiger partial charge in [-0.2, -0.15) is 0 Å². The molecule has 0 atom stereocenters. The van der Waals surface area contributed by atoms with Crippen LogP contribution in [-0.4, -0.2) is 56.5 Å². The first-order valence-electron chi connectivity index (χ1n) is 5.18. The van der Waals surface area contributed by atoms with Gasteiger partial charge in [0.15, 0.2) is 0 Å². The summed E-state index contributed by atoms with van der Waals surface area (Å²) < 4.78 is 11.0. The number of fused-ring (bicyclic) bond motifs is 2. The van der Waals surface area contributed by atoms with Crippen LogP contribution in [0.3, 0.4) is 0 Å². The summed E-state index contributed by atoms with van der Waals surface area (Å²) in [5.41, 5.74) is 5.41. The van der Waals surface area contributed by atoms with Crippen molar-refractivity contribution in [3.63, 3.8) is 0 Å². The van der Waals surface area contributed by atoms with Gasteiger partial charge in [0.1, 0.15) is 0 Å². The Morgan fingerprint density at radius 3 is 2.14 bits per heavy atom.